The van der Waals surface area contributed by atoms with E-state index in [1.54, 1.807) is 0 Å². The van der Waals surface area contributed by atoms with Crippen LogP contribution in [-0.4, -0.2) is 35.0 Å². The van der Waals surface area contributed by atoms with Crippen LogP contribution in [0.3, 0.4) is 0 Å². The van der Waals surface area contributed by atoms with Crippen molar-refractivity contribution in [3.05, 3.63) is 0 Å². The van der Waals surface area contributed by atoms with Crippen LogP contribution in [0.25, 0.3) is 0 Å². The summed E-state index contributed by atoms with van der Waals surface area (Å²) in [7, 11) is 0. The number of aliphatic hydroxyl groups is 2. The van der Waals surface area contributed by atoms with Crippen LogP contribution in [0.1, 0.15) is 58.3 Å². The monoisotopic (exact) mass is 229 g/mol. The lowest BCUT2D eigenvalue weighted by Crippen LogP contribution is -2.55. The van der Waals surface area contributed by atoms with E-state index in [2.05, 4.69) is 5.32 Å². The van der Waals surface area contributed by atoms with Crippen LogP contribution in [0.2, 0.25) is 0 Å². The van der Waals surface area contributed by atoms with Crippen LogP contribution in [0.4, 0.5) is 0 Å². The lowest BCUT2D eigenvalue weighted by molar-refractivity contribution is 0.0739. The van der Waals surface area contributed by atoms with Crippen molar-refractivity contribution in [3.8, 4) is 0 Å². The Morgan fingerprint density at radius 2 is 1.50 bits per heavy atom. The Morgan fingerprint density at radius 3 is 1.94 bits per heavy atom. The van der Waals surface area contributed by atoms with Gasteiger partial charge in [-0.25, -0.2) is 0 Å². The maximum Gasteiger partial charge on any atom is 0.0647 e. The second kappa shape index (κ2) is 7.25. The van der Waals surface area contributed by atoms with E-state index in [4.69, 9.17) is 0 Å². The number of aliphatic hydroxyl groups excluding tert-OH is 2. The summed E-state index contributed by atoms with van der Waals surface area (Å²) >= 11 is 0. The van der Waals surface area contributed by atoms with Crippen molar-refractivity contribution in [1.29, 1.82) is 0 Å². The molecule has 1 aliphatic rings. The van der Waals surface area contributed by atoms with Crippen molar-refractivity contribution in [2.75, 3.05) is 13.2 Å². The molecule has 0 aromatic carbocycles. The largest absolute Gasteiger partial charge is 0.394 e. The Morgan fingerprint density at radius 1 is 1.00 bits per heavy atom. The summed E-state index contributed by atoms with van der Waals surface area (Å²) in [5.74, 6) is 0. The topological polar surface area (TPSA) is 52.5 Å². The fourth-order valence-corrected chi connectivity index (χ4v) is 2.50. The van der Waals surface area contributed by atoms with E-state index in [-0.39, 0.29) is 13.2 Å². The SMILES string of the molecule is CCC(CO)(CO)NC1CCCCCCC1. The summed E-state index contributed by atoms with van der Waals surface area (Å²) < 4.78 is 0. The lowest BCUT2D eigenvalue weighted by atomic mass is 9.91. The molecule has 96 valence electrons. The zero-order valence-electron chi connectivity index (χ0n) is 10.5. The van der Waals surface area contributed by atoms with Crippen molar-refractivity contribution in [2.24, 2.45) is 0 Å². The lowest BCUT2D eigenvalue weighted by Gasteiger charge is -2.35. The van der Waals surface area contributed by atoms with Gasteiger partial charge in [0.1, 0.15) is 0 Å². The fraction of sp³-hybridized carbons (Fsp3) is 1.00. The molecule has 0 spiro atoms. The number of nitrogens with one attached hydrogen (secondary N) is 1. The molecular formula is C13H27NO2. The molecule has 0 aromatic rings. The molecule has 3 N–H and O–H groups in total. The van der Waals surface area contributed by atoms with Gasteiger partial charge in [0, 0.05) is 6.04 Å². The number of hydrogen-bond donors (Lipinski definition) is 3. The van der Waals surface area contributed by atoms with Gasteiger partial charge in [-0.2, -0.15) is 0 Å². The molecule has 3 nitrogen and oxygen atoms in total. The first-order valence-corrected chi connectivity index (χ1v) is 6.76. The van der Waals surface area contributed by atoms with Gasteiger partial charge in [0.25, 0.3) is 0 Å². The zero-order valence-corrected chi connectivity index (χ0v) is 10.5. The Balaban J connectivity index is 2.47. The van der Waals surface area contributed by atoms with Crippen LogP contribution in [0.15, 0.2) is 0 Å². The average Bonchev–Trinajstić information content (AvgIpc) is 2.29. The second-order valence-electron chi connectivity index (χ2n) is 5.14. The highest BCUT2D eigenvalue weighted by molar-refractivity contribution is 4.89. The zero-order chi connectivity index (χ0) is 11.9. The highest BCUT2D eigenvalue weighted by Crippen LogP contribution is 2.20. The van der Waals surface area contributed by atoms with Gasteiger partial charge in [-0.15, -0.1) is 0 Å². The summed E-state index contributed by atoms with van der Waals surface area (Å²) in [5.41, 5.74) is -0.468. The second-order valence-corrected chi connectivity index (χ2v) is 5.14. The molecule has 0 aromatic heterocycles. The molecule has 1 fully saturated rings. The number of hydrogen-bond acceptors (Lipinski definition) is 3. The highest BCUT2D eigenvalue weighted by atomic mass is 16.3. The summed E-state index contributed by atoms with van der Waals surface area (Å²) in [5, 5.41) is 22.3. The van der Waals surface area contributed by atoms with E-state index in [0.29, 0.717) is 6.04 Å². The molecule has 0 heterocycles. The van der Waals surface area contributed by atoms with Crippen LogP contribution in [-0.2, 0) is 0 Å². The third kappa shape index (κ3) is 4.04. The minimum atomic E-state index is -0.468. The van der Waals surface area contributed by atoms with Crippen LogP contribution in [0.5, 0.6) is 0 Å². The highest BCUT2D eigenvalue weighted by Gasteiger charge is 2.29. The van der Waals surface area contributed by atoms with Crippen LogP contribution in [0, 0.1) is 0 Å². The molecule has 0 saturated heterocycles. The predicted molar refractivity (Wildman–Crippen MR) is 66.4 cm³/mol. The maximum absolute atomic E-state index is 9.41. The molecule has 1 rings (SSSR count). The first-order valence-electron chi connectivity index (χ1n) is 6.76. The summed E-state index contributed by atoms with van der Waals surface area (Å²) in [6.07, 6.45) is 9.71. The molecule has 0 radical (unpaired) electrons. The minimum absolute atomic E-state index is 0.0243. The van der Waals surface area contributed by atoms with Gasteiger partial charge >= 0.3 is 0 Å². The molecule has 0 amide bonds. The van der Waals surface area contributed by atoms with Gasteiger partial charge in [-0.05, 0) is 19.3 Å². The van der Waals surface area contributed by atoms with Crippen molar-refractivity contribution in [1.82, 2.24) is 5.32 Å². The van der Waals surface area contributed by atoms with E-state index >= 15 is 0 Å². The maximum atomic E-state index is 9.41. The molecule has 0 aliphatic heterocycles. The quantitative estimate of drug-likeness (QED) is 0.674. The van der Waals surface area contributed by atoms with Gasteiger partial charge in [0.05, 0.1) is 18.8 Å². The summed E-state index contributed by atoms with van der Waals surface area (Å²) in [6, 6.07) is 0.472. The van der Waals surface area contributed by atoms with Gasteiger partial charge in [-0.1, -0.05) is 39.0 Å². The van der Waals surface area contributed by atoms with Crippen molar-refractivity contribution >= 4 is 0 Å². The third-order valence-electron chi connectivity index (χ3n) is 3.90. The Hall–Kier alpha value is -0.120. The van der Waals surface area contributed by atoms with Gasteiger partial charge in [-0.3, -0.25) is 0 Å². The van der Waals surface area contributed by atoms with E-state index < -0.39 is 5.54 Å². The van der Waals surface area contributed by atoms with E-state index in [0.717, 1.165) is 6.42 Å². The Labute approximate surface area is 99.3 Å². The smallest absolute Gasteiger partial charge is 0.0647 e. The van der Waals surface area contributed by atoms with Crippen molar-refractivity contribution in [2.45, 2.75) is 69.9 Å². The molecular weight excluding hydrogens is 202 g/mol. The van der Waals surface area contributed by atoms with Gasteiger partial charge in [0.15, 0.2) is 0 Å². The molecule has 1 saturated carbocycles. The van der Waals surface area contributed by atoms with E-state index in [9.17, 15) is 10.2 Å². The molecule has 3 heteroatoms. The van der Waals surface area contributed by atoms with Gasteiger partial charge < -0.3 is 15.5 Å². The fourth-order valence-electron chi connectivity index (χ4n) is 2.50. The average molecular weight is 229 g/mol. The van der Waals surface area contributed by atoms with Crippen molar-refractivity contribution < 1.29 is 10.2 Å². The summed E-state index contributed by atoms with van der Waals surface area (Å²) in [6.45, 7) is 2.06. The third-order valence-corrected chi connectivity index (χ3v) is 3.90. The van der Waals surface area contributed by atoms with E-state index in [1.807, 2.05) is 6.92 Å². The molecule has 0 unspecified atom stereocenters. The van der Waals surface area contributed by atoms with Crippen LogP contribution < -0.4 is 5.32 Å². The molecule has 1 aliphatic carbocycles. The molecule has 16 heavy (non-hydrogen) atoms. The first-order chi connectivity index (χ1) is 7.76. The Bertz CT molecular complexity index is 165. The molecule has 0 atom stereocenters. The van der Waals surface area contributed by atoms with E-state index in [1.165, 1.54) is 44.9 Å². The standard InChI is InChI=1S/C13H27NO2/c1-2-13(10-15,11-16)14-12-8-6-4-3-5-7-9-12/h12,14-16H,2-11H2,1H3. The van der Waals surface area contributed by atoms with Crippen molar-refractivity contribution in [3.63, 3.8) is 0 Å². The molecule has 0 bridgehead atoms. The number of rotatable bonds is 5. The van der Waals surface area contributed by atoms with Crippen LogP contribution >= 0.6 is 0 Å². The predicted octanol–water partition coefficient (Wildman–Crippen LogP) is 1.82. The Kier molecular flexibility index (Phi) is 6.32. The van der Waals surface area contributed by atoms with Gasteiger partial charge in [0.2, 0.25) is 0 Å². The normalized spacial score (nSPS) is 20.4. The summed E-state index contributed by atoms with van der Waals surface area (Å²) in [4.78, 5) is 0. The minimum Gasteiger partial charge on any atom is -0.394 e. The first kappa shape index (κ1) is 13.9.